The first-order valence-corrected chi connectivity index (χ1v) is 7.74. The summed E-state index contributed by atoms with van der Waals surface area (Å²) >= 11 is 0. The van der Waals surface area contributed by atoms with Crippen LogP contribution >= 0.6 is 0 Å². The van der Waals surface area contributed by atoms with Crippen LogP contribution in [0.5, 0.6) is 0 Å². The molecule has 0 unspecified atom stereocenters. The highest BCUT2D eigenvalue weighted by Crippen LogP contribution is 2.36. The van der Waals surface area contributed by atoms with Gasteiger partial charge in [0.05, 0.1) is 11.4 Å². The van der Waals surface area contributed by atoms with Crippen LogP contribution in [-0.2, 0) is 0 Å². The smallest absolute Gasteiger partial charge is 0.137 e. The maximum atomic E-state index is 4.69. The Kier molecular flexibility index (Phi) is 2.72. The second-order valence-electron chi connectivity index (χ2n) is 5.66. The Labute approximate surface area is 138 Å². The van der Waals surface area contributed by atoms with Crippen molar-refractivity contribution in [3.63, 3.8) is 0 Å². The Morgan fingerprint density at radius 2 is 1.38 bits per heavy atom. The summed E-state index contributed by atoms with van der Waals surface area (Å²) in [6, 6.07) is 22.5. The van der Waals surface area contributed by atoms with Crippen LogP contribution < -0.4 is 5.43 Å². The quantitative estimate of drug-likeness (QED) is 0.487. The molecule has 0 saturated heterocycles. The molecule has 0 radical (unpaired) electrons. The first-order chi connectivity index (χ1) is 11.9. The standard InChI is InChI=1S/C19H13N5/c1-3-8-14-12(6-1)13-7-2-4-9-15(13)18(14)22-20-16-10-5-11-17-19(16)23-24-21-17/h1-11,20H,(H,21,23,24). The van der Waals surface area contributed by atoms with Gasteiger partial charge in [-0.25, -0.2) is 0 Å². The fraction of sp³-hybridized carbons (Fsp3) is 0. The Bertz CT molecular complexity index is 1050. The molecule has 0 fully saturated rings. The molecule has 1 aromatic heterocycles. The van der Waals surface area contributed by atoms with Crippen molar-refractivity contribution in [1.82, 2.24) is 15.4 Å². The van der Waals surface area contributed by atoms with Gasteiger partial charge < -0.3 is 0 Å². The van der Waals surface area contributed by atoms with Gasteiger partial charge in [-0.15, -0.1) is 0 Å². The summed E-state index contributed by atoms with van der Waals surface area (Å²) in [5.74, 6) is 0. The Balaban J connectivity index is 1.64. The van der Waals surface area contributed by atoms with Crippen molar-refractivity contribution in [2.75, 3.05) is 5.43 Å². The van der Waals surface area contributed by atoms with E-state index in [0.717, 1.165) is 33.6 Å². The van der Waals surface area contributed by atoms with E-state index in [4.69, 9.17) is 5.10 Å². The van der Waals surface area contributed by atoms with Crippen molar-refractivity contribution in [1.29, 1.82) is 0 Å². The molecule has 1 aliphatic rings. The van der Waals surface area contributed by atoms with Crippen molar-refractivity contribution in [2.24, 2.45) is 5.10 Å². The molecule has 5 rings (SSSR count). The van der Waals surface area contributed by atoms with Crippen LogP contribution in [0, 0.1) is 0 Å². The number of aromatic amines is 1. The normalized spacial score (nSPS) is 12.1. The van der Waals surface area contributed by atoms with Gasteiger partial charge in [-0.1, -0.05) is 54.6 Å². The first kappa shape index (κ1) is 13.0. The third-order valence-corrected chi connectivity index (χ3v) is 4.29. The maximum Gasteiger partial charge on any atom is 0.137 e. The topological polar surface area (TPSA) is 66.0 Å². The molecule has 0 spiro atoms. The molecule has 4 aromatic rings. The zero-order chi connectivity index (χ0) is 15.9. The third kappa shape index (κ3) is 1.85. The zero-order valence-corrected chi connectivity index (χ0v) is 12.7. The minimum absolute atomic E-state index is 0.779. The van der Waals surface area contributed by atoms with Crippen molar-refractivity contribution in [2.45, 2.75) is 0 Å². The van der Waals surface area contributed by atoms with Crippen LogP contribution in [0.2, 0.25) is 0 Å². The Hall–Kier alpha value is -3.47. The SMILES string of the molecule is c1ccc2c(c1)C(=NNc1cccc3n[nH]nc13)c1ccccc1-2. The minimum atomic E-state index is 0.779. The van der Waals surface area contributed by atoms with Crippen molar-refractivity contribution >= 4 is 22.4 Å². The van der Waals surface area contributed by atoms with Crippen molar-refractivity contribution < 1.29 is 0 Å². The second kappa shape index (κ2) is 5.03. The number of aromatic nitrogens is 3. The fourth-order valence-electron chi connectivity index (χ4n) is 3.19. The highest BCUT2D eigenvalue weighted by molar-refractivity contribution is 6.24. The largest absolute Gasteiger partial charge is 0.276 e. The number of hydrogen-bond acceptors (Lipinski definition) is 4. The van der Waals surface area contributed by atoms with E-state index >= 15 is 0 Å². The predicted octanol–water partition coefficient (Wildman–Crippen LogP) is 3.80. The number of anilines is 1. The first-order valence-electron chi connectivity index (χ1n) is 7.74. The lowest BCUT2D eigenvalue weighted by Gasteiger charge is -2.04. The lowest BCUT2D eigenvalue weighted by Crippen LogP contribution is -2.02. The monoisotopic (exact) mass is 311 g/mol. The van der Waals surface area contributed by atoms with Gasteiger partial charge in [-0.2, -0.15) is 20.5 Å². The summed E-state index contributed by atoms with van der Waals surface area (Å²) in [5, 5.41) is 15.6. The highest BCUT2D eigenvalue weighted by Gasteiger charge is 2.24. The summed E-state index contributed by atoms with van der Waals surface area (Å²) in [6.07, 6.45) is 0. The van der Waals surface area contributed by atoms with Crippen LogP contribution in [0.25, 0.3) is 22.2 Å². The predicted molar refractivity (Wildman–Crippen MR) is 95.0 cm³/mol. The molecule has 2 N–H and O–H groups in total. The summed E-state index contributed by atoms with van der Waals surface area (Å²) in [4.78, 5) is 0. The lowest BCUT2D eigenvalue weighted by molar-refractivity contribution is 0.959. The molecule has 5 nitrogen and oxygen atoms in total. The van der Waals surface area contributed by atoms with E-state index in [-0.39, 0.29) is 0 Å². The number of rotatable bonds is 2. The number of hydrazone groups is 1. The van der Waals surface area contributed by atoms with Crippen molar-refractivity contribution in [3.8, 4) is 11.1 Å². The van der Waals surface area contributed by atoms with E-state index in [0.29, 0.717) is 0 Å². The number of para-hydroxylation sites is 1. The number of H-pyrrole nitrogens is 1. The van der Waals surface area contributed by atoms with Crippen LogP contribution in [0.15, 0.2) is 71.8 Å². The van der Waals surface area contributed by atoms with Crippen molar-refractivity contribution in [3.05, 3.63) is 77.9 Å². The average molecular weight is 311 g/mol. The minimum Gasteiger partial charge on any atom is -0.276 e. The molecule has 3 aromatic carbocycles. The van der Waals surface area contributed by atoms with Gasteiger partial charge in [0.1, 0.15) is 11.0 Å². The number of hydrogen-bond donors (Lipinski definition) is 2. The van der Waals surface area contributed by atoms with Gasteiger partial charge in [0.15, 0.2) is 0 Å². The van der Waals surface area contributed by atoms with Crippen LogP contribution in [0.4, 0.5) is 5.69 Å². The summed E-state index contributed by atoms with van der Waals surface area (Å²) in [7, 11) is 0. The van der Waals surface area contributed by atoms with E-state index in [9.17, 15) is 0 Å². The molecular formula is C19H13N5. The van der Waals surface area contributed by atoms with E-state index < -0.39 is 0 Å². The molecule has 0 saturated carbocycles. The molecule has 0 atom stereocenters. The molecule has 1 aliphatic carbocycles. The molecule has 1 heterocycles. The van der Waals surface area contributed by atoms with E-state index in [2.05, 4.69) is 57.2 Å². The summed E-state index contributed by atoms with van der Waals surface area (Å²) < 4.78 is 0. The molecule has 0 amide bonds. The summed E-state index contributed by atoms with van der Waals surface area (Å²) in [6.45, 7) is 0. The highest BCUT2D eigenvalue weighted by atomic mass is 15.3. The van der Waals surface area contributed by atoms with Crippen LogP contribution in [-0.4, -0.2) is 21.1 Å². The van der Waals surface area contributed by atoms with Crippen LogP contribution in [0.1, 0.15) is 11.1 Å². The second-order valence-corrected chi connectivity index (χ2v) is 5.66. The molecule has 0 aliphatic heterocycles. The van der Waals surface area contributed by atoms with Gasteiger partial charge in [0.25, 0.3) is 0 Å². The van der Waals surface area contributed by atoms with E-state index in [1.165, 1.54) is 11.1 Å². The van der Waals surface area contributed by atoms with Gasteiger partial charge in [0.2, 0.25) is 0 Å². The van der Waals surface area contributed by atoms with Gasteiger partial charge >= 0.3 is 0 Å². The van der Waals surface area contributed by atoms with Gasteiger partial charge in [-0.3, -0.25) is 5.43 Å². The molecule has 24 heavy (non-hydrogen) atoms. The van der Waals surface area contributed by atoms with Gasteiger partial charge in [-0.05, 0) is 23.3 Å². The Morgan fingerprint density at radius 3 is 2.08 bits per heavy atom. The zero-order valence-electron chi connectivity index (χ0n) is 12.7. The molecule has 5 heteroatoms. The lowest BCUT2D eigenvalue weighted by atomic mass is 10.1. The van der Waals surface area contributed by atoms with E-state index in [1.807, 2.05) is 30.3 Å². The molecule has 0 bridgehead atoms. The van der Waals surface area contributed by atoms with Crippen LogP contribution in [0.3, 0.4) is 0 Å². The number of fused-ring (bicyclic) bond motifs is 4. The third-order valence-electron chi connectivity index (χ3n) is 4.29. The fourth-order valence-corrected chi connectivity index (χ4v) is 3.19. The van der Waals surface area contributed by atoms with E-state index in [1.54, 1.807) is 0 Å². The molecular weight excluding hydrogens is 298 g/mol. The maximum absolute atomic E-state index is 4.69. The number of nitrogens with zero attached hydrogens (tertiary/aromatic N) is 3. The average Bonchev–Trinajstić information content (AvgIpc) is 3.23. The number of nitrogens with one attached hydrogen (secondary N) is 2. The Morgan fingerprint density at radius 1 is 0.708 bits per heavy atom. The summed E-state index contributed by atoms with van der Waals surface area (Å²) in [5.41, 5.74) is 11.2. The molecule has 114 valence electrons. The number of benzene rings is 3. The van der Waals surface area contributed by atoms with Gasteiger partial charge in [0, 0.05) is 11.1 Å².